The van der Waals surface area contributed by atoms with Crippen molar-refractivity contribution in [1.82, 2.24) is 31.1 Å². The van der Waals surface area contributed by atoms with E-state index in [1.807, 2.05) is 36.4 Å². The summed E-state index contributed by atoms with van der Waals surface area (Å²) in [5, 5.41) is 11.8. The number of hydrazine groups is 1. The number of nitrogens with one attached hydrogen (secondary N) is 2. The molecule has 2 N–H and O–H groups in total. The van der Waals surface area contributed by atoms with Gasteiger partial charge in [-0.2, -0.15) is 4.80 Å². The van der Waals surface area contributed by atoms with Gasteiger partial charge in [-0.25, -0.2) is 0 Å². The molecule has 0 atom stereocenters. The Kier molecular flexibility index (Phi) is 6.19. The highest BCUT2D eigenvalue weighted by molar-refractivity contribution is 5.98. The molecule has 1 heterocycles. The minimum absolute atomic E-state index is 0.0340. The number of carbonyl (C=O) groups excluding carboxylic acids is 3. The second-order valence-electron chi connectivity index (χ2n) is 5.90. The molecule has 2 amide bonds. The number of aromatic nitrogens is 4. The monoisotopic (exact) mass is 378 g/mol. The van der Waals surface area contributed by atoms with Crippen molar-refractivity contribution in [3.63, 3.8) is 0 Å². The van der Waals surface area contributed by atoms with Crippen LogP contribution in [0, 0.1) is 0 Å². The quantitative estimate of drug-likeness (QED) is 0.470. The summed E-state index contributed by atoms with van der Waals surface area (Å²) in [6, 6.07) is 17.9. The van der Waals surface area contributed by atoms with E-state index in [1.54, 1.807) is 24.3 Å². The Hall–Kier alpha value is -3.88. The van der Waals surface area contributed by atoms with Gasteiger partial charge in [-0.3, -0.25) is 25.2 Å². The molecule has 1 aromatic heterocycles. The summed E-state index contributed by atoms with van der Waals surface area (Å²) in [7, 11) is 0. The van der Waals surface area contributed by atoms with E-state index in [2.05, 4.69) is 26.3 Å². The molecule has 2 aromatic carbocycles. The number of hydrogen-bond acceptors (Lipinski definition) is 6. The van der Waals surface area contributed by atoms with Crippen LogP contribution in [-0.2, 0) is 16.1 Å². The first kappa shape index (κ1) is 18.9. The highest BCUT2D eigenvalue weighted by Crippen LogP contribution is 2.11. The summed E-state index contributed by atoms with van der Waals surface area (Å²) in [4.78, 5) is 36.8. The third kappa shape index (κ3) is 5.31. The van der Waals surface area contributed by atoms with Gasteiger partial charge in [0.1, 0.15) is 6.54 Å². The van der Waals surface area contributed by atoms with E-state index in [9.17, 15) is 14.4 Å². The van der Waals surface area contributed by atoms with Gasteiger partial charge in [0, 0.05) is 24.0 Å². The number of amides is 2. The minimum atomic E-state index is -0.514. The van der Waals surface area contributed by atoms with E-state index in [4.69, 9.17) is 0 Å². The first-order valence-electron chi connectivity index (χ1n) is 8.61. The first-order chi connectivity index (χ1) is 13.6. The second-order valence-corrected chi connectivity index (χ2v) is 5.90. The van der Waals surface area contributed by atoms with E-state index in [0.717, 1.165) is 10.4 Å². The largest absolute Gasteiger partial charge is 0.294 e. The van der Waals surface area contributed by atoms with Crippen molar-refractivity contribution >= 4 is 17.6 Å². The van der Waals surface area contributed by atoms with Gasteiger partial charge in [0.25, 0.3) is 5.91 Å². The van der Waals surface area contributed by atoms with Crippen LogP contribution in [0.2, 0.25) is 0 Å². The fourth-order valence-corrected chi connectivity index (χ4v) is 2.38. The zero-order chi connectivity index (χ0) is 19.8. The lowest BCUT2D eigenvalue weighted by Crippen LogP contribution is -2.43. The topological polar surface area (TPSA) is 119 Å². The lowest BCUT2D eigenvalue weighted by atomic mass is 10.1. The smallest absolute Gasteiger partial charge is 0.262 e. The van der Waals surface area contributed by atoms with Gasteiger partial charge >= 0.3 is 0 Å². The van der Waals surface area contributed by atoms with Gasteiger partial charge in [-0.05, 0) is 5.21 Å². The lowest BCUT2D eigenvalue weighted by molar-refractivity contribution is -0.129. The van der Waals surface area contributed by atoms with E-state index in [1.165, 1.54) is 0 Å². The van der Waals surface area contributed by atoms with Crippen molar-refractivity contribution in [1.29, 1.82) is 0 Å². The Morgan fingerprint density at radius 1 is 0.821 bits per heavy atom. The number of carbonyl (C=O) groups is 3. The van der Waals surface area contributed by atoms with E-state index >= 15 is 0 Å². The fraction of sp³-hybridized carbons (Fsp3) is 0.158. The molecule has 9 nitrogen and oxygen atoms in total. The summed E-state index contributed by atoms with van der Waals surface area (Å²) in [6.07, 6.45) is 0.0184. The van der Waals surface area contributed by atoms with Crippen LogP contribution in [-0.4, -0.2) is 37.8 Å². The fourth-order valence-electron chi connectivity index (χ4n) is 2.38. The number of ketones is 1. The third-order valence-corrected chi connectivity index (χ3v) is 3.79. The van der Waals surface area contributed by atoms with Crippen LogP contribution in [0.5, 0.6) is 0 Å². The zero-order valence-electron chi connectivity index (χ0n) is 14.9. The normalized spacial score (nSPS) is 10.3. The van der Waals surface area contributed by atoms with Gasteiger partial charge in [-0.15, -0.1) is 10.2 Å². The number of rotatable bonds is 7. The van der Waals surface area contributed by atoms with Crippen LogP contribution in [0.4, 0.5) is 0 Å². The minimum Gasteiger partial charge on any atom is -0.294 e. The summed E-state index contributed by atoms with van der Waals surface area (Å²) in [5.41, 5.74) is 5.86. The molecule has 0 bridgehead atoms. The molecule has 0 unspecified atom stereocenters. The molecule has 0 aliphatic heterocycles. The maximum Gasteiger partial charge on any atom is 0.262 e. The average Bonchev–Trinajstić information content (AvgIpc) is 3.20. The van der Waals surface area contributed by atoms with Gasteiger partial charge in [0.15, 0.2) is 5.78 Å². The second kappa shape index (κ2) is 9.17. The van der Waals surface area contributed by atoms with E-state index < -0.39 is 11.8 Å². The van der Waals surface area contributed by atoms with Crippen molar-refractivity contribution in [2.75, 3.05) is 0 Å². The summed E-state index contributed by atoms with van der Waals surface area (Å²) < 4.78 is 0. The Bertz CT molecular complexity index is 956. The zero-order valence-corrected chi connectivity index (χ0v) is 14.9. The van der Waals surface area contributed by atoms with Gasteiger partial charge < -0.3 is 0 Å². The van der Waals surface area contributed by atoms with Crippen molar-refractivity contribution in [2.45, 2.75) is 19.4 Å². The van der Waals surface area contributed by atoms with Gasteiger partial charge in [0.2, 0.25) is 11.7 Å². The molecule has 142 valence electrons. The van der Waals surface area contributed by atoms with Crippen molar-refractivity contribution in [3.05, 3.63) is 66.2 Å². The van der Waals surface area contributed by atoms with Gasteiger partial charge in [-0.1, -0.05) is 60.7 Å². The highest BCUT2D eigenvalue weighted by Gasteiger charge is 2.12. The average molecular weight is 378 g/mol. The number of tetrazole rings is 1. The summed E-state index contributed by atoms with van der Waals surface area (Å²) >= 11 is 0. The van der Waals surface area contributed by atoms with Crippen molar-refractivity contribution < 1.29 is 14.4 Å². The number of benzene rings is 2. The molecule has 3 aromatic rings. The number of Topliss-reactive ketones (excluding diaryl/α,β-unsaturated/α-hetero) is 1. The summed E-state index contributed by atoms with van der Waals surface area (Å²) in [5.74, 6) is -0.715. The molecule has 3 rings (SSSR count). The van der Waals surface area contributed by atoms with Crippen LogP contribution in [0.1, 0.15) is 23.2 Å². The number of hydrogen-bond donors (Lipinski definition) is 2. The Morgan fingerprint density at radius 3 is 2.18 bits per heavy atom. The Balaban J connectivity index is 1.41. The molecule has 0 saturated heterocycles. The maximum atomic E-state index is 12.0. The van der Waals surface area contributed by atoms with Crippen LogP contribution in [0.25, 0.3) is 11.4 Å². The highest BCUT2D eigenvalue weighted by atomic mass is 16.2. The maximum absolute atomic E-state index is 12.0. The molecule has 9 heteroatoms. The molecule has 0 aliphatic carbocycles. The van der Waals surface area contributed by atoms with Crippen LogP contribution in [0.15, 0.2) is 60.7 Å². The molecule has 0 spiro atoms. The Morgan fingerprint density at radius 2 is 1.46 bits per heavy atom. The predicted molar refractivity (Wildman–Crippen MR) is 99.5 cm³/mol. The summed E-state index contributed by atoms with van der Waals surface area (Å²) in [6.45, 7) is -0.205. The molecule has 28 heavy (non-hydrogen) atoms. The molecule has 0 aliphatic rings. The Labute approximate surface area is 160 Å². The predicted octanol–water partition coefficient (Wildman–Crippen LogP) is 1.15. The molecular weight excluding hydrogens is 360 g/mol. The van der Waals surface area contributed by atoms with Crippen LogP contribution >= 0.6 is 0 Å². The van der Waals surface area contributed by atoms with E-state index in [-0.39, 0.29) is 25.2 Å². The molecule has 0 radical (unpaired) electrons. The standard InChI is InChI=1S/C19H18N6O3/c26-16(14-7-3-1-4-8-14)11-12-17(27)20-21-18(28)13-25-23-19(22-24-25)15-9-5-2-6-10-15/h1-10H,11-13H2,(H,20,27)(H,21,28). The number of nitrogens with zero attached hydrogens (tertiary/aromatic N) is 4. The van der Waals surface area contributed by atoms with Crippen LogP contribution in [0.3, 0.4) is 0 Å². The van der Waals surface area contributed by atoms with Crippen molar-refractivity contribution in [3.8, 4) is 11.4 Å². The lowest BCUT2D eigenvalue weighted by Gasteiger charge is -2.06. The third-order valence-electron chi connectivity index (χ3n) is 3.79. The van der Waals surface area contributed by atoms with E-state index in [0.29, 0.717) is 11.4 Å². The molecular formula is C19H18N6O3. The van der Waals surface area contributed by atoms with Crippen LogP contribution < -0.4 is 10.9 Å². The molecule has 0 fully saturated rings. The first-order valence-corrected chi connectivity index (χ1v) is 8.61. The van der Waals surface area contributed by atoms with Crippen molar-refractivity contribution in [2.24, 2.45) is 0 Å². The SMILES string of the molecule is O=C(CCC(=O)c1ccccc1)NNC(=O)Cn1nnc(-c2ccccc2)n1. The van der Waals surface area contributed by atoms with Gasteiger partial charge in [0.05, 0.1) is 0 Å². The molecule has 0 saturated carbocycles.